The van der Waals surface area contributed by atoms with Gasteiger partial charge < -0.3 is 24.5 Å². The van der Waals surface area contributed by atoms with E-state index in [4.69, 9.17) is 4.74 Å². The number of rotatable bonds is 6. The SMILES string of the molecule is CC[C@H](C)[C@H](CO)N1C(=O)[C@@H]2[C@@H]3C(=O)N(Cc4ccccc4)CC=C[C@]3(C)O[C@@]23C=CCN(C(C)(C)C)C(=O)C13. The number of likely N-dealkylation sites (tertiary alicyclic amines) is 1. The van der Waals surface area contributed by atoms with Crippen LogP contribution in [0.5, 0.6) is 0 Å². The second-order valence-corrected chi connectivity index (χ2v) is 13.0. The third-order valence-corrected chi connectivity index (χ3v) is 9.45. The first kappa shape index (κ1) is 28.6. The molecule has 8 nitrogen and oxygen atoms in total. The Labute approximate surface area is 237 Å². The summed E-state index contributed by atoms with van der Waals surface area (Å²) in [6.45, 7) is 12.7. The van der Waals surface area contributed by atoms with E-state index in [1.807, 2.05) is 96.2 Å². The van der Waals surface area contributed by atoms with Crippen molar-refractivity contribution in [1.82, 2.24) is 14.7 Å². The second-order valence-electron chi connectivity index (χ2n) is 13.0. The predicted octanol–water partition coefficient (Wildman–Crippen LogP) is 3.16. The summed E-state index contributed by atoms with van der Waals surface area (Å²) in [6.07, 6.45) is 8.35. The van der Waals surface area contributed by atoms with Crippen molar-refractivity contribution >= 4 is 17.7 Å². The Kier molecular flexibility index (Phi) is 7.24. The van der Waals surface area contributed by atoms with E-state index >= 15 is 0 Å². The van der Waals surface area contributed by atoms with Gasteiger partial charge in [0.2, 0.25) is 17.7 Å². The van der Waals surface area contributed by atoms with Crippen molar-refractivity contribution < 1.29 is 24.2 Å². The lowest BCUT2D eigenvalue weighted by atomic mass is 9.74. The van der Waals surface area contributed by atoms with E-state index < -0.39 is 40.7 Å². The summed E-state index contributed by atoms with van der Waals surface area (Å²) in [7, 11) is 0. The fourth-order valence-corrected chi connectivity index (χ4v) is 7.23. The van der Waals surface area contributed by atoms with E-state index in [1.165, 1.54) is 0 Å². The number of nitrogens with zero attached hydrogens (tertiary/aromatic N) is 3. The van der Waals surface area contributed by atoms with Crippen molar-refractivity contribution in [2.45, 2.75) is 83.3 Å². The monoisotopic (exact) mass is 549 g/mol. The van der Waals surface area contributed by atoms with Gasteiger partial charge in [-0.25, -0.2) is 0 Å². The van der Waals surface area contributed by atoms with Crippen molar-refractivity contribution in [2.75, 3.05) is 19.7 Å². The molecule has 1 spiro atoms. The van der Waals surface area contributed by atoms with Crippen LogP contribution in [-0.4, -0.2) is 86.0 Å². The van der Waals surface area contributed by atoms with E-state index in [0.717, 1.165) is 12.0 Å². The molecule has 40 heavy (non-hydrogen) atoms. The van der Waals surface area contributed by atoms with Crippen molar-refractivity contribution in [3.8, 4) is 0 Å². The molecule has 1 N–H and O–H groups in total. The van der Waals surface area contributed by atoms with Crippen LogP contribution in [0.4, 0.5) is 0 Å². The second kappa shape index (κ2) is 10.1. The van der Waals surface area contributed by atoms with Gasteiger partial charge in [-0.15, -0.1) is 0 Å². The molecule has 2 saturated heterocycles. The van der Waals surface area contributed by atoms with Gasteiger partial charge in [0.15, 0.2) is 0 Å². The van der Waals surface area contributed by atoms with Gasteiger partial charge in [-0.05, 0) is 39.2 Å². The van der Waals surface area contributed by atoms with Gasteiger partial charge in [0.1, 0.15) is 11.6 Å². The van der Waals surface area contributed by atoms with Gasteiger partial charge in [-0.3, -0.25) is 14.4 Å². The summed E-state index contributed by atoms with van der Waals surface area (Å²) in [5, 5.41) is 10.6. The van der Waals surface area contributed by atoms with Crippen LogP contribution in [0.2, 0.25) is 0 Å². The molecular formula is C32H43N3O5. The highest BCUT2D eigenvalue weighted by Gasteiger charge is 2.75. The molecule has 1 unspecified atom stereocenters. The van der Waals surface area contributed by atoms with Crippen molar-refractivity contribution in [3.63, 3.8) is 0 Å². The Balaban J connectivity index is 1.64. The standard InChI is InChI=1S/C32H43N3O5/c1-7-21(2)23(20-36)35-26-29(39)34(30(3,4)5)18-12-16-32(26)25(28(35)38)24-27(37)33(17-11-15-31(24,6)40-32)19-22-13-9-8-10-14-22/h8-16,21,23-26,36H,7,17-20H2,1-6H3/t21-,23-,24+,25-,26?,31-,32-/m0/s1. The van der Waals surface area contributed by atoms with Gasteiger partial charge in [0.25, 0.3) is 0 Å². The van der Waals surface area contributed by atoms with Crippen LogP contribution in [-0.2, 0) is 25.7 Å². The molecule has 216 valence electrons. The topological polar surface area (TPSA) is 90.4 Å². The van der Waals surface area contributed by atoms with E-state index in [-0.39, 0.29) is 30.2 Å². The number of carbonyl (C=O) groups excluding carboxylic acids is 3. The lowest BCUT2D eigenvalue weighted by Crippen LogP contribution is -2.62. The molecule has 0 aromatic heterocycles. The first-order chi connectivity index (χ1) is 18.9. The van der Waals surface area contributed by atoms with Crippen LogP contribution >= 0.6 is 0 Å². The maximum absolute atomic E-state index is 14.6. The summed E-state index contributed by atoms with van der Waals surface area (Å²) >= 11 is 0. The van der Waals surface area contributed by atoms with Gasteiger partial charge in [-0.1, -0.05) is 74.9 Å². The Morgan fingerprint density at radius 2 is 1.68 bits per heavy atom. The minimum atomic E-state index is -1.33. The zero-order chi connectivity index (χ0) is 29.0. The van der Waals surface area contributed by atoms with Crippen molar-refractivity contribution in [2.24, 2.45) is 17.8 Å². The smallest absolute Gasteiger partial charge is 0.249 e. The first-order valence-electron chi connectivity index (χ1n) is 14.5. The summed E-state index contributed by atoms with van der Waals surface area (Å²) in [5.74, 6) is -2.44. The molecule has 5 rings (SSSR count). The third-order valence-electron chi connectivity index (χ3n) is 9.45. The van der Waals surface area contributed by atoms with Gasteiger partial charge in [-0.2, -0.15) is 0 Å². The molecule has 1 aromatic carbocycles. The largest absolute Gasteiger partial charge is 0.394 e. The number of aliphatic hydroxyl groups is 1. The quantitative estimate of drug-likeness (QED) is 0.551. The molecule has 4 heterocycles. The average Bonchev–Trinajstić information content (AvgIpc) is 3.17. The zero-order valence-electron chi connectivity index (χ0n) is 24.5. The highest BCUT2D eigenvalue weighted by Crippen LogP contribution is 2.58. The van der Waals surface area contributed by atoms with Gasteiger partial charge >= 0.3 is 0 Å². The number of benzene rings is 1. The van der Waals surface area contributed by atoms with Crippen LogP contribution in [0, 0.1) is 17.8 Å². The maximum Gasteiger partial charge on any atom is 0.249 e. The van der Waals surface area contributed by atoms with E-state index in [1.54, 1.807) is 14.7 Å². The normalized spacial score (nSPS) is 33.4. The molecule has 0 saturated carbocycles. The molecule has 1 aromatic rings. The Bertz CT molecular complexity index is 1220. The van der Waals surface area contributed by atoms with E-state index in [2.05, 4.69) is 0 Å². The minimum Gasteiger partial charge on any atom is -0.394 e. The molecule has 0 aliphatic carbocycles. The predicted molar refractivity (Wildman–Crippen MR) is 152 cm³/mol. The van der Waals surface area contributed by atoms with Crippen LogP contribution in [0.15, 0.2) is 54.6 Å². The molecule has 4 aliphatic heterocycles. The molecule has 2 fully saturated rings. The Morgan fingerprint density at radius 1 is 1.00 bits per heavy atom. The summed E-state index contributed by atoms with van der Waals surface area (Å²) in [6, 6.07) is 8.24. The first-order valence-corrected chi connectivity index (χ1v) is 14.5. The Morgan fingerprint density at radius 3 is 2.30 bits per heavy atom. The number of aliphatic hydroxyl groups excluding tert-OH is 1. The molecule has 3 amide bonds. The number of fused-ring (bicyclic) bond motifs is 2. The fourth-order valence-electron chi connectivity index (χ4n) is 7.23. The van der Waals surface area contributed by atoms with Crippen LogP contribution in [0.25, 0.3) is 0 Å². The fraction of sp³-hybridized carbons (Fsp3) is 0.594. The number of hydrogen-bond acceptors (Lipinski definition) is 5. The van der Waals surface area contributed by atoms with Crippen LogP contribution < -0.4 is 0 Å². The summed E-state index contributed by atoms with van der Waals surface area (Å²) < 4.78 is 6.92. The number of amides is 3. The molecule has 7 atom stereocenters. The van der Waals surface area contributed by atoms with Gasteiger partial charge in [0.05, 0.1) is 30.1 Å². The summed E-state index contributed by atoms with van der Waals surface area (Å²) in [5.41, 5.74) is -1.90. The third kappa shape index (κ3) is 4.31. The van der Waals surface area contributed by atoms with E-state index in [0.29, 0.717) is 19.6 Å². The number of carbonyl (C=O) groups is 3. The van der Waals surface area contributed by atoms with Gasteiger partial charge in [0, 0.05) is 25.2 Å². The van der Waals surface area contributed by atoms with Crippen LogP contribution in [0.1, 0.15) is 53.5 Å². The summed E-state index contributed by atoms with van der Waals surface area (Å²) in [4.78, 5) is 48.6. The highest BCUT2D eigenvalue weighted by molar-refractivity contribution is 6.00. The minimum absolute atomic E-state index is 0.0568. The van der Waals surface area contributed by atoms with Crippen molar-refractivity contribution in [1.29, 1.82) is 0 Å². The number of hydrogen-bond donors (Lipinski definition) is 1. The van der Waals surface area contributed by atoms with E-state index in [9.17, 15) is 19.5 Å². The Hall–Kier alpha value is -2.97. The highest BCUT2D eigenvalue weighted by atomic mass is 16.5. The molecule has 0 bridgehead atoms. The zero-order valence-corrected chi connectivity index (χ0v) is 24.5. The molecular weight excluding hydrogens is 506 g/mol. The molecule has 4 aliphatic rings. The lowest BCUT2D eigenvalue weighted by Gasteiger charge is -2.44. The molecule has 8 heteroatoms. The van der Waals surface area contributed by atoms with Crippen molar-refractivity contribution in [3.05, 3.63) is 60.2 Å². The molecule has 0 radical (unpaired) electrons. The maximum atomic E-state index is 14.6. The lowest BCUT2D eigenvalue weighted by molar-refractivity contribution is -0.159. The van der Waals surface area contributed by atoms with Crippen LogP contribution in [0.3, 0.4) is 0 Å². The number of ether oxygens (including phenoxy) is 1. The average molecular weight is 550 g/mol.